The second kappa shape index (κ2) is 11.1. The van der Waals surface area contributed by atoms with Crippen LogP contribution in [0.5, 0.6) is 5.75 Å². The van der Waals surface area contributed by atoms with Gasteiger partial charge >= 0.3 is 5.97 Å². The van der Waals surface area contributed by atoms with Crippen LogP contribution in [0, 0.1) is 19.3 Å². The molecule has 0 aromatic heterocycles. The van der Waals surface area contributed by atoms with Crippen LogP contribution >= 0.6 is 0 Å². The zero-order valence-electron chi connectivity index (χ0n) is 23.6. The Kier molecular flexibility index (Phi) is 9.16. The minimum absolute atomic E-state index is 0.133. The number of hydrogen-bond donors (Lipinski definition) is 1. The maximum Gasteiger partial charge on any atom is 0.316 e. The maximum atomic E-state index is 12.4. The highest BCUT2D eigenvalue weighted by Gasteiger charge is 2.32. The van der Waals surface area contributed by atoms with Crippen LogP contribution in [0.15, 0.2) is 42.5 Å². The van der Waals surface area contributed by atoms with Crippen molar-refractivity contribution in [1.29, 1.82) is 0 Å². The van der Waals surface area contributed by atoms with Crippen molar-refractivity contribution in [2.45, 2.75) is 106 Å². The van der Waals surface area contributed by atoms with Crippen molar-refractivity contribution in [1.82, 2.24) is 0 Å². The number of allylic oxidation sites excluding steroid dienone is 1. The minimum Gasteiger partial charge on any atom is -0.426 e. The van der Waals surface area contributed by atoms with E-state index in [-0.39, 0.29) is 11.4 Å². The number of aryl methyl sites for hydroxylation is 2. The lowest BCUT2D eigenvalue weighted by atomic mass is 9.69. The highest BCUT2D eigenvalue weighted by molar-refractivity contribution is 5.78. The molecule has 0 aliphatic rings. The van der Waals surface area contributed by atoms with Gasteiger partial charge in [0.15, 0.2) is 0 Å². The molecule has 3 heteroatoms. The third-order valence-corrected chi connectivity index (χ3v) is 7.66. The fourth-order valence-corrected chi connectivity index (χ4v) is 4.89. The Hall–Kier alpha value is -2.39. The van der Waals surface area contributed by atoms with Crippen molar-refractivity contribution in [3.05, 3.63) is 70.3 Å². The summed E-state index contributed by atoms with van der Waals surface area (Å²) in [7, 11) is 0. The molecule has 2 rings (SSSR count). The van der Waals surface area contributed by atoms with Crippen LogP contribution in [-0.4, -0.2) is 16.7 Å². The molecule has 0 unspecified atom stereocenters. The summed E-state index contributed by atoms with van der Waals surface area (Å²) in [5, 5.41) is 10.8. The molecule has 0 bridgehead atoms. The molecule has 3 nitrogen and oxygen atoms in total. The molecular weight excluding hydrogens is 432 g/mol. The van der Waals surface area contributed by atoms with Gasteiger partial charge in [-0.25, -0.2) is 0 Å². The lowest BCUT2D eigenvalue weighted by Crippen LogP contribution is -2.27. The third-order valence-electron chi connectivity index (χ3n) is 7.66. The van der Waals surface area contributed by atoms with Crippen molar-refractivity contribution in [3.63, 3.8) is 0 Å². The molecule has 192 valence electrons. The molecule has 0 fully saturated rings. The van der Waals surface area contributed by atoms with Gasteiger partial charge in [-0.3, -0.25) is 4.79 Å². The number of hydrogen-bond acceptors (Lipinski definition) is 3. The summed E-state index contributed by atoms with van der Waals surface area (Å²) < 4.78 is 5.70. The van der Waals surface area contributed by atoms with E-state index < -0.39 is 11.0 Å². The van der Waals surface area contributed by atoms with Gasteiger partial charge in [-0.05, 0) is 113 Å². The third kappa shape index (κ3) is 6.25. The van der Waals surface area contributed by atoms with Gasteiger partial charge < -0.3 is 9.84 Å². The lowest BCUT2D eigenvalue weighted by Gasteiger charge is -2.34. The van der Waals surface area contributed by atoms with E-state index in [1.807, 2.05) is 53.7 Å². The van der Waals surface area contributed by atoms with Gasteiger partial charge in [-0.1, -0.05) is 58.0 Å². The molecule has 2 aromatic carbocycles. The first-order valence-electron chi connectivity index (χ1n) is 13.1. The van der Waals surface area contributed by atoms with Crippen LogP contribution < -0.4 is 4.74 Å². The highest BCUT2D eigenvalue weighted by atomic mass is 16.5. The summed E-state index contributed by atoms with van der Waals surface area (Å²) in [6, 6.07) is 13.0. The summed E-state index contributed by atoms with van der Waals surface area (Å²) >= 11 is 0. The summed E-state index contributed by atoms with van der Waals surface area (Å²) in [6.07, 6.45) is 5.34. The van der Waals surface area contributed by atoms with Crippen molar-refractivity contribution < 1.29 is 14.6 Å². The Morgan fingerprint density at radius 2 is 1.37 bits per heavy atom. The van der Waals surface area contributed by atoms with Gasteiger partial charge in [0.1, 0.15) is 5.75 Å². The van der Waals surface area contributed by atoms with E-state index >= 15 is 0 Å². The molecule has 0 amide bonds. The van der Waals surface area contributed by atoms with Gasteiger partial charge in [0.25, 0.3) is 0 Å². The second-order valence-corrected chi connectivity index (χ2v) is 11.1. The zero-order chi connectivity index (χ0) is 26.6. The van der Waals surface area contributed by atoms with Gasteiger partial charge in [-0.2, -0.15) is 0 Å². The fourth-order valence-electron chi connectivity index (χ4n) is 4.89. The summed E-state index contributed by atoms with van der Waals surface area (Å²) in [4.78, 5) is 12.4. The molecule has 0 radical (unpaired) electrons. The van der Waals surface area contributed by atoms with Crippen molar-refractivity contribution in [2.75, 3.05) is 0 Å². The Morgan fingerprint density at radius 3 is 1.80 bits per heavy atom. The van der Waals surface area contributed by atoms with Crippen molar-refractivity contribution in [3.8, 4) is 5.75 Å². The van der Waals surface area contributed by atoms with Crippen LogP contribution in [0.4, 0.5) is 0 Å². The Balaban J connectivity index is 2.50. The van der Waals surface area contributed by atoms with E-state index in [4.69, 9.17) is 4.74 Å². The first-order chi connectivity index (χ1) is 16.3. The minimum atomic E-state index is -0.762. The molecule has 0 saturated carbocycles. The molecule has 2 aromatic rings. The van der Waals surface area contributed by atoms with Crippen LogP contribution in [0.3, 0.4) is 0 Å². The number of rotatable bonds is 9. The molecular formula is C32H46O3. The van der Waals surface area contributed by atoms with E-state index in [2.05, 4.69) is 58.0 Å². The van der Waals surface area contributed by atoms with Crippen molar-refractivity contribution >= 4 is 11.5 Å². The topological polar surface area (TPSA) is 46.5 Å². The van der Waals surface area contributed by atoms with E-state index in [9.17, 15) is 9.90 Å². The van der Waals surface area contributed by atoms with E-state index in [1.54, 1.807) is 0 Å². The molecule has 0 atom stereocenters. The number of carbonyl (C=O) groups is 1. The largest absolute Gasteiger partial charge is 0.426 e. The standard InChI is InChI=1S/C32H46O3/c1-11-31(34,12-2)21-24(7)27-17-15-25(19-22(27)5)32(13-3,14-4)26-16-18-28(23(6)20-26)35-29(33)30(8,9)10/h15-21,34H,11-14H2,1-10H3/b24-21-. The average Bonchev–Trinajstić information content (AvgIpc) is 2.81. The van der Waals surface area contributed by atoms with Crippen LogP contribution in [0.25, 0.3) is 5.57 Å². The quantitative estimate of drug-likeness (QED) is 0.291. The molecule has 0 aliphatic carbocycles. The highest BCUT2D eigenvalue weighted by Crippen LogP contribution is 2.41. The Bertz CT molecular complexity index is 1060. The van der Waals surface area contributed by atoms with Crippen LogP contribution in [0.1, 0.15) is 109 Å². The van der Waals surface area contributed by atoms with E-state index in [0.29, 0.717) is 18.6 Å². The number of aliphatic hydroxyl groups is 1. The van der Waals surface area contributed by atoms with Gasteiger partial charge in [-0.15, -0.1) is 0 Å². The molecule has 35 heavy (non-hydrogen) atoms. The second-order valence-electron chi connectivity index (χ2n) is 11.1. The predicted octanol–water partition coefficient (Wildman–Crippen LogP) is 8.32. The van der Waals surface area contributed by atoms with Gasteiger partial charge in [0.2, 0.25) is 0 Å². The molecule has 1 N–H and O–H groups in total. The fraction of sp³-hybridized carbons (Fsp3) is 0.531. The van der Waals surface area contributed by atoms with Crippen molar-refractivity contribution in [2.24, 2.45) is 5.41 Å². The monoisotopic (exact) mass is 478 g/mol. The number of carbonyl (C=O) groups excluding carboxylic acids is 1. The van der Waals surface area contributed by atoms with E-state index in [1.165, 1.54) is 22.3 Å². The number of ether oxygens (including phenoxy) is 1. The molecule has 0 aliphatic heterocycles. The van der Waals surface area contributed by atoms with Crippen LogP contribution in [-0.2, 0) is 10.2 Å². The Labute approximate surface area is 213 Å². The SMILES string of the molecule is CCC(O)(/C=C(/C)c1ccc(C(CC)(CC)c2ccc(OC(=O)C(C)(C)C)c(C)c2)cc1C)CC. The summed E-state index contributed by atoms with van der Waals surface area (Å²) in [5.41, 5.74) is 5.56. The van der Waals surface area contributed by atoms with Gasteiger partial charge in [0, 0.05) is 5.41 Å². The normalized spacial score (nSPS) is 13.2. The maximum absolute atomic E-state index is 12.4. The average molecular weight is 479 g/mol. The lowest BCUT2D eigenvalue weighted by molar-refractivity contribution is -0.143. The first kappa shape index (κ1) is 28.8. The first-order valence-corrected chi connectivity index (χ1v) is 13.1. The smallest absolute Gasteiger partial charge is 0.316 e. The number of benzene rings is 2. The van der Waals surface area contributed by atoms with E-state index in [0.717, 1.165) is 24.0 Å². The summed E-state index contributed by atoms with van der Waals surface area (Å²) in [5.74, 6) is 0.402. The molecule has 0 heterocycles. The molecule has 0 saturated heterocycles. The Morgan fingerprint density at radius 1 is 0.857 bits per heavy atom. The molecule has 0 spiro atoms. The number of esters is 1. The summed E-state index contributed by atoms with van der Waals surface area (Å²) in [6.45, 7) is 20.4. The zero-order valence-corrected chi connectivity index (χ0v) is 23.6. The van der Waals surface area contributed by atoms with Crippen LogP contribution in [0.2, 0.25) is 0 Å². The predicted molar refractivity (Wildman–Crippen MR) is 148 cm³/mol. The van der Waals surface area contributed by atoms with Gasteiger partial charge in [0.05, 0.1) is 11.0 Å².